The zero-order valence-corrected chi connectivity index (χ0v) is 12.2. The highest BCUT2D eigenvalue weighted by Gasteiger charge is 2.28. The average molecular weight is 268 g/mol. The quantitative estimate of drug-likeness (QED) is 0.840. The van der Waals surface area contributed by atoms with Crippen molar-refractivity contribution in [1.82, 2.24) is 9.80 Å². The topological polar surface area (TPSA) is 43.8 Å². The second kappa shape index (κ2) is 7.25. The smallest absolute Gasteiger partial charge is 0.236 e. The molecule has 1 aliphatic carbocycles. The summed E-state index contributed by atoms with van der Waals surface area (Å²) in [5.41, 5.74) is 0. The fourth-order valence-corrected chi connectivity index (χ4v) is 3.18. The van der Waals surface area contributed by atoms with E-state index in [9.17, 15) is 9.90 Å². The van der Waals surface area contributed by atoms with Crippen LogP contribution in [0.2, 0.25) is 0 Å². The molecule has 0 unspecified atom stereocenters. The van der Waals surface area contributed by atoms with Gasteiger partial charge in [-0.05, 0) is 38.6 Å². The maximum Gasteiger partial charge on any atom is 0.236 e. The molecule has 2 aliphatic rings. The fourth-order valence-electron chi connectivity index (χ4n) is 3.18. The van der Waals surface area contributed by atoms with E-state index in [0.717, 1.165) is 45.3 Å². The number of carbonyl (C=O) groups is 1. The maximum absolute atomic E-state index is 12.3. The lowest BCUT2D eigenvalue weighted by molar-refractivity contribution is -0.132. The average Bonchev–Trinajstić information content (AvgIpc) is 2.25. The maximum atomic E-state index is 12.3. The summed E-state index contributed by atoms with van der Waals surface area (Å²) in [6.45, 7) is 3.35. The highest BCUT2D eigenvalue weighted by atomic mass is 16.3. The van der Waals surface area contributed by atoms with Gasteiger partial charge in [0.2, 0.25) is 5.91 Å². The van der Waals surface area contributed by atoms with Gasteiger partial charge in [-0.1, -0.05) is 19.3 Å². The van der Waals surface area contributed by atoms with Gasteiger partial charge in [-0.25, -0.2) is 0 Å². The zero-order chi connectivity index (χ0) is 13.7. The highest BCUT2D eigenvalue weighted by Crippen LogP contribution is 2.27. The molecule has 0 aromatic rings. The predicted molar refractivity (Wildman–Crippen MR) is 75.9 cm³/mol. The van der Waals surface area contributed by atoms with Gasteiger partial charge in [0.15, 0.2) is 0 Å². The van der Waals surface area contributed by atoms with E-state index in [2.05, 4.69) is 4.90 Å². The second-order valence-corrected chi connectivity index (χ2v) is 6.34. The minimum Gasteiger partial charge on any atom is -0.393 e. The fraction of sp³-hybridized carbons (Fsp3) is 0.933. The molecule has 4 heteroatoms. The molecule has 1 saturated heterocycles. The first-order valence-corrected chi connectivity index (χ1v) is 7.79. The number of likely N-dealkylation sites (N-methyl/N-ethyl adjacent to an activating group) is 1. The van der Waals surface area contributed by atoms with Crippen LogP contribution in [0.1, 0.15) is 44.9 Å². The summed E-state index contributed by atoms with van der Waals surface area (Å²) in [5.74, 6) is 0.865. The molecule has 2 rings (SSSR count). The van der Waals surface area contributed by atoms with Crippen LogP contribution in [0.4, 0.5) is 0 Å². The summed E-state index contributed by atoms with van der Waals surface area (Å²) in [6.07, 6.45) is 7.88. The molecular formula is C15H28N2O2. The Bertz CT molecular complexity index is 282. The third-order valence-electron chi connectivity index (χ3n) is 4.39. The van der Waals surface area contributed by atoms with E-state index < -0.39 is 0 Å². The molecule has 0 aromatic heterocycles. The summed E-state index contributed by atoms with van der Waals surface area (Å²) >= 11 is 0. The number of hydrogen-bond acceptors (Lipinski definition) is 3. The van der Waals surface area contributed by atoms with Gasteiger partial charge in [-0.15, -0.1) is 0 Å². The van der Waals surface area contributed by atoms with Crippen molar-refractivity contribution in [2.75, 3.05) is 33.2 Å². The second-order valence-electron chi connectivity index (χ2n) is 6.34. The van der Waals surface area contributed by atoms with Crippen molar-refractivity contribution in [3.8, 4) is 0 Å². The van der Waals surface area contributed by atoms with E-state index in [-0.39, 0.29) is 12.0 Å². The van der Waals surface area contributed by atoms with Gasteiger partial charge in [0.1, 0.15) is 0 Å². The molecule has 1 aliphatic heterocycles. The lowest BCUT2D eigenvalue weighted by Gasteiger charge is -2.35. The van der Waals surface area contributed by atoms with Crippen LogP contribution in [0.5, 0.6) is 0 Å². The Morgan fingerprint density at radius 3 is 2.32 bits per heavy atom. The number of aliphatic hydroxyl groups excluding tert-OH is 1. The molecule has 0 aromatic carbocycles. The predicted octanol–water partition coefficient (Wildman–Crippen LogP) is 1.48. The Kier molecular flexibility index (Phi) is 5.64. The highest BCUT2D eigenvalue weighted by molar-refractivity contribution is 5.78. The Balaban J connectivity index is 1.69. The van der Waals surface area contributed by atoms with Crippen molar-refractivity contribution in [1.29, 1.82) is 0 Å². The lowest BCUT2D eigenvalue weighted by atomic mass is 9.82. The van der Waals surface area contributed by atoms with E-state index in [1.807, 2.05) is 11.9 Å². The molecule has 1 saturated carbocycles. The molecule has 0 atom stereocenters. The Hall–Kier alpha value is -0.610. The molecule has 1 amide bonds. The minimum absolute atomic E-state index is 0.0940. The molecule has 1 heterocycles. The molecule has 0 bridgehead atoms. The number of carbonyl (C=O) groups excluding carboxylic acids is 1. The number of nitrogens with zero attached hydrogens (tertiary/aromatic N) is 2. The first kappa shape index (κ1) is 14.8. The lowest BCUT2D eigenvalue weighted by Crippen LogP contribution is -2.43. The number of aliphatic hydroxyl groups is 1. The standard InChI is InChI=1S/C15H28N2O2/c1-16(11-13-9-14(18)10-13)12-15(19)17-7-5-3-2-4-6-8-17/h13-14,18H,2-12H2,1H3. The van der Waals surface area contributed by atoms with Gasteiger partial charge in [-0.2, -0.15) is 0 Å². The van der Waals surface area contributed by atoms with Gasteiger partial charge >= 0.3 is 0 Å². The van der Waals surface area contributed by atoms with E-state index in [4.69, 9.17) is 0 Å². The molecular weight excluding hydrogens is 240 g/mol. The zero-order valence-electron chi connectivity index (χ0n) is 12.2. The Morgan fingerprint density at radius 1 is 1.16 bits per heavy atom. The third-order valence-corrected chi connectivity index (χ3v) is 4.39. The van der Waals surface area contributed by atoms with Crippen LogP contribution in [0.3, 0.4) is 0 Å². The minimum atomic E-state index is -0.0940. The van der Waals surface area contributed by atoms with Crippen LogP contribution in [-0.4, -0.2) is 60.1 Å². The van der Waals surface area contributed by atoms with Gasteiger partial charge in [0.25, 0.3) is 0 Å². The summed E-state index contributed by atoms with van der Waals surface area (Å²) in [5, 5.41) is 9.28. The van der Waals surface area contributed by atoms with Crippen LogP contribution in [0.15, 0.2) is 0 Å². The molecule has 19 heavy (non-hydrogen) atoms. The largest absolute Gasteiger partial charge is 0.393 e. The van der Waals surface area contributed by atoms with Gasteiger partial charge < -0.3 is 10.0 Å². The summed E-state index contributed by atoms with van der Waals surface area (Å²) in [6, 6.07) is 0. The number of likely N-dealkylation sites (tertiary alicyclic amines) is 1. The number of hydrogen-bond donors (Lipinski definition) is 1. The normalized spacial score (nSPS) is 28.7. The van der Waals surface area contributed by atoms with E-state index in [1.54, 1.807) is 0 Å². The first-order valence-electron chi connectivity index (χ1n) is 7.79. The Morgan fingerprint density at radius 2 is 1.74 bits per heavy atom. The monoisotopic (exact) mass is 268 g/mol. The van der Waals surface area contributed by atoms with Crippen LogP contribution < -0.4 is 0 Å². The third kappa shape index (κ3) is 4.77. The summed E-state index contributed by atoms with van der Waals surface area (Å²) < 4.78 is 0. The SMILES string of the molecule is CN(CC(=O)N1CCCCCCC1)CC1CC(O)C1. The van der Waals surface area contributed by atoms with Crippen molar-refractivity contribution in [3.05, 3.63) is 0 Å². The van der Waals surface area contributed by atoms with Crippen molar-refractivity contribution in [2.45, 2.75) is 51.0 Å². The Labute approximate surface area is 116 Å². The van der Waals surface area contributed by atoms with Gasteiger partial charge in [0, 0.05) is 19.6 Å². The number of rotatable bonds is 4. The van der Waals surface area contributed by atoms with E-state index in [1.165, 1.54) is 19.3 Å². The first-order chi connectivity index (χ1) is 9.15. The molecule has 1 N–H and O–H groups in total. The van der Waals surface area contributed by atoms with Crippen molar-refractivity contribution < 1.29 is 9.90 Å². The molecule has 4 nitrogen and oxygen atoms in total. The molecule has 110 valence electrons. The van der Waals surface area contributed by atoms with Crippen molar-refractivity contribution >= 4 is 5.91 Å². The van der Waals surface area contributed by atoms with Crippen LogP contribution in [0, 0.1) is 5.92 Å². The van der Waals surface area contributed by atoms with Crippen LogP contribution in [-0.2, 0) is 4.79 Å². The van der Waals surface area contributed by atoms with Crippen LogP contribution in [0.25, 0.3) is 0 Å². The number of amides is 1. The van der Waals surface area contributed by atoms with Gasteiger partial charge in [-0.3, -0.25) is 9.69 Å². The van der Waals surface area contributed by atoms with Crippen molar-refractivity contribution in [2.24, 2.45) is 5.92 Å². The molecule has 0 spiro atoms. The molecule has 2 fully saturated rings. The summed E-state index contributed by atoms with van der Waals surface area (Å²) in [7, 11) is 2.02. The van der Waals surface area contributed by atoms with Crippen molar-refractivity contribution in [3.63, 3.8) is 0 Å². The van der Waals surface area contributed by atoms with E-state index >= 15 is 0 Å². The van der Waals surface area contributed by atoms with E-state index in [0.29, 0.717) is 12.5 Å². The van der Waals surface area contributed by atoms with Gasteiger partial charge in [0.05, 0.1) is 12.6 Å². The molecule has 0 radical (unpaired) electrons. The summed E-state index contributed by atoms with van der Waals surface area (Å²) in [4.78, 5) is 16.4. The van der Waals surface area contributed by atoms with Crippen LogP contribution >= 0.6 is 0 Å².